The van der Waals surface area contributed by atoms with Crippen LogP contribution in [0, 0.1) is 0 Å². The van der Waals surface area contributed by atoms with Crippen LogP contribution in [0.3, 0.4) is 0 Å². The van der Waals surface area contributed by atoms with Crippen molar-refractivity contribution in [1.82, 2.24) is 14.7 Å². The first-order valence-corrected chi connectivity index (χ1v) is 8.03. The zero-order valence-corrected chi connectivity index (χ0v) is 13.3. The highest BCUT2D eigenvalue weighted by molar-refractivity contribution is 5.89. The van der Waals surface area contributed by atoms with Crippen LogP contribution in [-0.4, -0.2) is 46.5 Å². The summed E-state index contributed by atoms with van der Waals surface area (Å²) in [6, 6.07) is 9.65. The van der Waals surface area contributed by atoms with Gasteiger partial charge in [-0.2, -0.15) is 5.10 Å². The predicted molar refractivity (Wildman–Crippen MR) is 88.8 cm³/mol. The van der Waals surface area contributed by atoms with Gasteiger partial charge in [-0.25, -0.2) is 9.48 Å². The summed E-state index contributed by atoms with van der Waals surface area (Å²) in [4.78, 5) is 14.3. The molecule has 0 aliphatic carbocycles. The minimum Gasteiger partial charge on any atom is -0.380 e. The quantitative estimate of drug-likeness (QED) is 0.923. The van der Waals surface area contributed by atoms with E-state index in [1.54, 1.807) is 10.9 Å². The number of ether oxygens (including phenoxy) is 1. The SMILES string of the molecule is CCOC[C@H]1CCCN1C(=O)Nc1ccc(-n2cccn2)cc1. The molecule has 0 spiro atoms. The average molecular weight is 314 g/mol. The number of anilines is 1. The third-order valence-electron chi connectivity index (χ3n) is 4.04. The van der Waals surface area contributed by atoms with Gasteiger partial charge >= 0.3 is 6.03 Å². The number of hydrogen-bond acceptors (Lipinski definition) is 3. The number of benzene rings is 1. The molecule has 2 amide bonds. The Balaban J connectivity index is 1.61. The lowest BCUT2D eigenvalue weighted by Crippen LogP contribution is -2.41. The van der Waals surface area contributed by atoms with Gasteiger partial charge in [-0.05, 0) is 50.1 Å². The van der Waals surface area contributed by atoms with Crippen LogP contribution in [0.1, 0.15) is 19.8 Å². The van der Waals surface area contributed by atoms with Gasteiger partial charge in [0.25, 0.3) is 0 Å². The Bertz CT molecular complexity index is 625. The Kier molecular flexibility index (Phi) is 4.92. The number of rotatable bonds is 5. The zero-order chi connectivity index (χ0) is 16.1. The number of likely N-dealkylation sites (tertiary alicyclic amines) is 1. The summed E-state index contributed by atoms with van der Waals surface area (Å²) < 4.78 is 7.26. The Morgan fingerprint density at radius 2 is 2.22 bits per heavy atom. The van der Waals surface area contributed by atoms with Gasteiger partial charge in [0.1, 0.15) is 0 Å². The molecule has 1 atom stereocenters. The molecule has 23 heavy (non-hydrogen) atoms. The highest BCUT2D eigenvalue weighted by Gasteiger charge is 2.28. The molecule has 3 rings (SSSR count). The van der Waals surface area contributed by atoms with Gasteiger partial charge in [0.15, 0.2) is 0 Å². The molecular formula is C17H22N4O2. The summed E-state index contributed by atoms with van der Waals surface area (Å²) >= 11 is 0. The van der Waals surface area contributed by atoms with Gasteiger partial charge in [-0.3, -0.25) is 0 Å². The maximum Gasteiger partial charge on any atom is 0.322 e. The van der Waals surface area contributed by atoms with E-state index in [-0.39, 0.29) is 12.1 Å². The lowest BCUT2D eigenvalue weighted by molar-refractivity contribution is 0.0970. The van der Waals surface area contributed by atoms with Gasteiger partial charge in [0.05, 0.1) is 18.3 Å². The molecule has 1 aromatic heterocycles. The molecule has 2 heterocycles. The topological polar surface area (TPSA) is 59.4 Å². The maximum atomic E-state index is 12.4. The standard InChI is InChI=1S/C17H22N4O2/c1-2-23-13-16-5-3-11-20(16)17(22)19-14-6-8-15(9-7-14)21-12-4-10-18-21/h4,6-10,12,16H,2-3,5,11,13H2,1H3,(H,19,22)/t16-/m1/s1. The van der Waals surface area contributed by atoms with Crippen molar-refractivity contribution in [3.8, 4) is 5.69 Å². The van der Waals surface area contributed by atoms with E-state index in [9.17, 15) is 4.79 Å². The normalized spacial score (nSPS) is 17.4. The van der Waals surface area contributed by atoms with Crippen LogP contribution >= 0.6 is 0 Å². The fourth-order valence-electron chi connectivity index (χ4n) is 2.84. The number of hydrogen-bond donors (Lipinski definition) is 1. The fourth-order valence-corrected chi connectivity index (χ4v) is 2.84. The highest BCUT2D eigenvalue weighted by atomic mass is 16.5. The number of nitrogens with zero attached hydrogens (tertiary/aromatic N) is 3. The van der Waals surface area contributed by atoms with Crippen molar-refractivity contribution in [3.63, 3.8) is 0 Å². The van der Waals surface area contributed by atoms with Gasteiger partial charge in [-0.15, -0.1) is 0 Å². The van der Waals surface area contributed by atoms with Crippen LogP contribution in [0.4, 0.5) is 10.5 Å². The number of urea groups is 1. The Morgan fingerprint density at radius 3 is 2.91 bits per heavy atom. The maximum absolute atomic E-state index is 12.4. The first-order valence-electron chi connectivity index (χ1n) is 8.03. The van der Waals surface area contributed by atoms with Crippen molar-refractivity contribution in [2.45, 2.75) is 25.8 Å². The van der Waals surface area contributed by atoms with Crippen molar-refractivity contribution in [2.75, 3.05) is 25.1 Å². The highest BCUT2D eigenvalue weighted by Crippen LogP contribution is 2.20. The first kappa shape index (κ1) is 15.6. The third kappa shape index (κ3) is 3.71. The van der Waals surface area contributed by atoms with Crippen molar-refractivity contribution >= 4 is 11.7 Å². The fraction of sp³-hybridized carbons (Fsp3) is 0.412. The van der Waals surface area contributed by atoms with Crippen LogP contribution in [0.5, 0.6) is 0 Å². The third-order valence-corrected chi connectivity index (χ3v) is 4.04. The van der Waals surface area contributed by atoms with Crippen LogP contribution in [-0.2, 0) is 4.74 Å². The van der Waals surface area contributed by atoms with E-state index in [1.807, 2.05) is 48.4 Å². The lowest BCUT2D eigenvalue weighted by atomic mass is 10.2. The van der Waals surface area contributed by atoms with Gasteiger partial charge in [-0.1, -0.05) is 0 Å². The molecule has 122 valence electrons. The number of amides is 2. The van der Waals surface area contributed by atoms with E-state index < -0.39 is 0 Å². The molecule has 6 nitrogen and oxygen atoms in total. The smallest absolute Gasteiger partial charge is 0.322 e. The lowest BCUT2D eigenvalue weighted by Gasteiger charge is -2.24. The van der Waals surface area contributed by atoms with Gasteiger partial charge in [0.2, 0.25) is 0 Å². The molecule has 0 radical (unpaired) electrons. The molecule has 1 saturated heterocycles. The molecule has 1 fully saturated rings. The molecule has 2 aromatic rings. The van der Waals surface area contributed by atoms with Gasteiger partial charge in [0, 0.05) is 31.2 Å². The first-order chi connectivity index (χ1) is 11.3. The van der Waals surface area contributed by atoms with Crippen LogP contribution in [0.2, 0.25) is 0 Å². The van der Waals surface area contributed by atoms with Crippen molar-refractivity contribution in [1.29, 1.82) is 0 Å². The van der Waals surface area contributed by atoms with Crippen LogP contribution in [0.15, 0.2) is 42.7 Å². The molecule has 0 saturated carbocycles. The van der Waals surface area contributed by atoms with E-state index in [0.29, 0.717) is 13.2 Å². The summed E-state index contributed by atoms with van der Waals surface area (Å²) in [6.45, 7) is 4.05. The Labute approximate surface area is 136 Å². The number of aromatic nitrogens is 2. The number of nitrogens with one attached hydrogen (secondary N) is 1. The molecule has 6 heteroatoms. The minimum absolute atomic E-state index is 0.0564. The molecule has 1 aromatic carbocycles. The summed E-state index contributed by atoms with van der Waals surface area (Å²) in [5.41, 5.74) is 1.75. The zero-order valence-electron chi connectivity index (χ0n) is 13.3. The average Bonchev–Trinajstić information content (AvgIpc) is 3.25. The van der Waals surface area contributed by atoms with Crippen molar-refractivity contribution in [2.24, 2.45) is 0 Å². The minimum atomic E-state index is -0.0564. The second-order valence-corrected chi connectivity index (χ2v) is 5.58. The second kappa shape index (κ2) is 7.28. The Morgan fingerprint density at radius 1 is 1.39 bits per heavy atom. The summed E-state index contributed by atoms with van der Waals surface area (Å²) in [7, 11) is 0. The van der Waals surface area contributed by atoms with E-state index in [2.05, 4.69) is 10.4 Å². The monoisotopic (exact) mass is 314 g/mol. The number of carbonyl (C=O) groups excluding carboxylic acids is 1. The van der Waals surface area contributed by atoms with Crippen LogP contribution in [0.25, 0.3) is 5.69 Å². The van der Waals surface area contributed by atoms with E-state index in [4.69, 9.17) is 4.74 Å². The Hall–Kier alpha value is -2.34. The molecule has 1 N–H and O–H groups in total. The van der Waals surface area contributed by atoms with Crippen LogP contribution < -0.4 is 5.32 Å². The van der Waals surface area contributed by atoms with Gasteiger partial charge < -0.3 is 15.0 Å². The van der Waals surface area contributed by atoms with E-state index in [1.165, 1.54) is 0 Å². The summed E-state index contributed by atoms with van der Waals surface area (Å²) in [5, 5.41) is 7.15. The number of carbonyl (C=O) groups is 1. The summed E-state index contributed by atoms with van der Waals surface area (Å²) in [5.74, 6) is 0. The molecule has 0 bridgehead atoms. The van der Waals surface area contributed by atoms with Crippen molar-refractivity contribution in [3.05, 3.63) is 42.7 Å². The molecule has 1 aliphatic heterocycles. The molecule has 0 unspecified atom stereocenters. The molecule has 1 aliphatic rings. The van der Waals surface area contributed by atoms with Crippen molar-refractivity contribution < 1.29 is 9.53 Å². The van der Waals surface area contributed by atoms with E-state index >= 15 is 0 Å². The predicted octanol–water partition coefficient (Wildman–Crippen LogP) is 2.91. The molecular weight excluding hydrogens is 292 g/mol. The second-order valence-electron chi connectivity index (χ2n) is 5.58. The summed E-state index contributed by atoms with van der Waals surface area (Å²) in [6.07, 6.45) is 5.66. The van der Waals surface area contributed by atoms with E-state index in [0.717, 1.165) is 30.8 Å². The largest absolute Gasteiger partial charge is 0.380 e.